The number of aromatic amines is 1. The summed E-state index contributed by atoms with van der Waals surface area (Å²) in [5.41, 5.74) is 1.39. The summed E-state index contributed by atoms with van der Waals surface area (Å²) >= 11 is 6.11. The van der Waals surface area contributed by atoms with Gasteiger partial charge < -0.3 is 10.3 Å². The van der Waals surface area contributed by atoms with Crippen LogP contribution in [0.4, 0.5) is 5.82 Å². The number of nitrogens with one attached hydrogen (secondary N) is 2. The number of nitrogens with zero attached hydrogens (tertiary/aromatic N) is 1. The largest absolute Gasteiger partial charge is 0.370 e. The molecule has 0 amide bonds. The smallest absolute Gasteiger partial charge is 0.256 e. The quantitative estimate of drug-likeness (QED) is 0.829. The molecule has 4 nitrogen and oxygen atoms in total. The summed E-state index contributed by atoms with van der Waals surface area (Å²) in [5.74, 6) is 1.19. The third kappa shape index (κ3) is 1.88. The minimum Gasteiger partial charge on any atom is -0.370 e. The van der Waals surface area contributed by atoms with Gasteiger partial charge in [-0.25, -0.2) is 4.98 Å². The maximum Gasteiger partial charge on any atom is 0.256 e. The van der Waals surface area contributed by atoms with Gasteiger partial charge in [0, 0.05) is 12.1 Å². The normalized spacial score (nSPS) is 13.8. The lowest BCUT2D eigenvalue weighted by Crippen LogP contribution is -2.24. The van der Waals surface area contributed by atoms with E-state index >= 15 is 0 Å². The monoisotopic (exact) mass is 261 g/mol. The lowest BCUT2D eigenvalue weighted by molar-refractivity contribution is 0.800. The average Bonchev–Trinajstić information content (AvgIpc) is 2.39. The van der Waals surface area contributed by atoms with Crippen LogP contribution in [0.25, 0.3) is 11.4 Å². The van der Waals surface area contributed by atoms with E-state index in [0.29, 0.717) is 16.7 Å². The highest BCUT2D eigenvalue weighted by Crippen LogP contribution is 2.26. The molecule has 0 saturated carbocycles. The van der Waals surface area contributed by atoms with Crippen molar-refractivity contribution in [3.8, 4) is 11.4 Å². The van der Waals surface area contributed by atoms with Crippen LogP contribution in [0, 0.1) is 0 Å². The highest BCUT2D eigenvalue weighted by atomic mass is 35.5. The van der Waals surface area contributed by atoms with Crippen LogP contribution in [0.5, 0.6) is 0 Å². The van der Waals surface area contributed by atoms with E-state index in [1.807, 2.05) is 18.2 Å². The Kier molecular flexibility index (Phi) is 2.80. The molecule has 3 rings (SSSR count). The number of halogens is 1. The summed E-state index contributed by atoms with van der Waals surface area (Å²) in [5, 5.41) is 3.74. The van der Waals surface area contributed by atoms with Crippen molar-refractivity contribution >= 4 is 17.4 Å². The minimum atomic E-state index is -0.0814. The molecule has 1 aromatic heterocycles. The lowest BCUT2D eigenvalue weighted by atomic mass is 10.1. The zero-order valence-electron chi connectivity index (χ0n) is 9.66. The minimum absolute atomic E-state index is 0.0814. The molecule has 0 spiro atoms. The van der Waals surface area contributed by atoms with E-state index in [1.165, 1.54) is 0 Å². The SMILES string of the molecule is O=c1[nH]c(-c2ccccc2Cl)nc2c1CCCN2. The number of aromatic nitrogens is 2. The van der Waals surface area contributed by atoms with Gasteiger partial charge in [-0.2, -0.15) is 0 Å². The van der Waals surface area contributed by atoms with E-state index < -0.39 is 0 Å². The number of hydrogen-bond acceptors (Lipinski definition) is 3. The van der Waals surface area contributed by atoms with Gasteiger partial charge in [-0.1, -0.05) is 23.7 Å². The Balaban J connectivity index is 2.17. The number of hydrogen-bond donors (Lipinski definition) is 2. The Hall–Kier alpha value is -1.81. The predicted octanol–water partition coefficient (Wildman–Crippen LogP) is 2.45. The van der Waals surface area contributed by atoms with Gasteiger partial charge in [0.25, 0.3) is 5.56 Å². The molecule has 0 unspecified atom stereocenters. The first-order valence-corrected chi connectivity index (χ1v) is 6.25. The number of benzene rings is 1. The molecule has 0 radical (unpaired) electrons. The summed E-state index contributed by atoms with van der Waals surface area (Å²) in [6.07, 6.45) is 1.73. The first-order valence-electron chi connectivity index (χ1n) is 5.87. The van der Waals surface area contributed by atoms with Crippen molar-refractivity contribution in [3.63, 3.8) is 0 Å². The zero-order valence-corrected chi connectivity index (χ0v) is 10.4. The van der Waals surface area contributed by atoms with Gasteiger partial charge in [0.05, 0.1) is 10.6 Å². The summed E-state index contributed by atoms with van der Waals surface area (Å²) < 4.78 is 0. The Morgan fingerprint density at radius 3 is 2.94 bits per heavy atom. The Labute approximate surface area is 109 Å². The van der Waals surface area contributed by atoms with Crippen LogP contribution in [-0.4, -0.2) is 16.5 Å². The van der Waals surface area contributed by atoms with E-state index in [4.69, 9.17) is 11.6 Å². The molecule has 0 fully saturated rings. The van der Waals surface area contributed by atoms with Crippen LogP contribution < -0.4 is 10.9 Å². The Morgan fingerprint density at radius 2 is 2.11 bits per heavy atom. The molecule has 0 bridgehead atoms. The van der Waals surface area contributed by atoms with E-state index in [2.05, 4.69) is 15.3 Å². The van der Waals surface area contributed by atoms with Crippen molar-refractivity contribution in [1.82, 2.24) is 9.97 Å². The average molecular weight is 262 g/mol. The molecule has 92 valence electrons. The fraction of sp³-hybridized carbons (Fsp3) is 0.231. The van der Waals surface area contributed by atoms with E-state index in [9.17, 15) is 4.79 Å². The molecular formula is C13H12ClN3O. The molecule has 1 aliphatic heterocycles. The second-order valence-electron chi connectivity index (χ2n) is 4.25. The fourth-order valence-corrected chi connectivity index (χ4v) is 2.35. The van der Waals surface area contributed by atoms with Crippen LogP contribution in [0.1, 0.15) is 12.0 Å². The highest BCUT2D eigenvalue weighted by Gasteiger charge is 2.16. The van der Waals surface area contributed by atoms with Gasteiger partial charge >= 0.3 is 0 Å². The predicted molar refractivity (Wildman–Crippen MR) is 72.1 cm³/mol. The highest BCUT2D eigenvalue weighted by molar-refractivity contribution is 6.33. The maximum absolute atomic E-state index is 12.0. The van der Waals surface area contributed by atoms with Crippen molar-refractivity contribution in [2.75, 3.05) is 11.9 Å². The molecule has 2 aromatic rings. The van der Waals surface area contributed by atoms with Crippen LogP contribution in [0.15, 0.2) is 29.1 Å². The summed E-state index contributed by atoms with van der Waals surface area (Å²) in [7, 11) is 0. The second-order valence-corrected chi connectivity index (χ2v) is 4.66. The molecule has 1 aliphatic rings. The topological polar surface area (TPSA) is 57.8 Å². The molecule has 1 aromatic carbocycles. The third-order valence-electron chi connectivity index (χ3n) is 3.04. The van der Waals surface area contributed by atoms with Crippen LogP contribution in [0.2, 0.25) is 5.02 Å². The molecule has 0 aliphatic carbocycles. The van der Waals surface area contributed by atoms with E-state index in [1.54, 1.807) is 6.07 Å². The maximum atomic E-state index is 12.0. The first kappa shape index (κ1) is 11.3. The molecule has 2 heterocycles. The second kappa shape index (κ2) is 4.46. The van der Waals surface area contributed by atoms with Gasteiger partial charge in [0.1, 0.15) is 11.6 Å². The summed E-state index contributed by atoms with van der Waals surface area (Å²) in [6.45, 7) is 0.853. The zero-order chi connectivity index (χ0) is 12.5. The van der Waals surface area contributed by atoms with Gasteiger partial charge in [0.15, 0.2) is 0 Å². The van der Waals surface area contributed by atoms with E-state index in [0.717, 1.165) is 30.5 Å². The first-order chi connectivity index (χ1) is 8.75. The van der Waals surface area contributed by atoms with Crippen LogP contribution in [0.3, 0.4) is 0 Å². The third-order valence-corrected chi connectivity index (χ3v) is 3.37. The number of rotatable bonds is 1. The molecular weight excluding hydrogens is 250 g/mol. The fourth-order valence-electron chi connectivity index (χ4n) is 2.13. The molecule has 0 saturated heterocycles. The molecule has 0 atom stereocenters. The van der Waals surface area contributed by atoms with Crippen molar-refractivity contribution in [3.05, 3.63) is 45.2 Å². The van der Waals surface area contributed by atoms with Gasteiger partial charge in [-0.05, 0) is 25.0 Å². The number of fused-ring (bicyclic) bond motifs is 1. The van der Waals surface area contributed by atoms with Crippen molar-refractivity contribution < 1.29 is 0 Å². The van der Waals surface area contributed by atoms with Gasteiger partial charge in [0.2, 0.25) is 0 Å². The van der Waals surface area contributed by atoms with Crippen LogP contribution >= 0.6 is 11.6 Å². The van der Waals surface area contributed by atoms with Gasteiger partial charge in [-0.15, -0.1) is 0 Å². The number of H-pyrrole nitrogens is 1. The van der Waals surface area contributed by atoms with Gasteiger partial charge in [-0.3, -0.25) is 4.79 Å². The van der Waals surface area contributed by atoms with Crippen LogP contribution in [-0.2, 0) is 6.42 Å². The molecule has 5 heteroatoms. The van der Waals surface area contributed by atoms with Crippen molar-refractivity contribution in [1.29, 1.82) is 0 Å². The summed E-state index contributed by atoms with van der Waals surface area (Å²) in [6, 6.07) is 7.34. The molecule has 2 N–H and O–H groups in total. The standard InChI is InChI=1S/C13H12ClN3O/c14-10-6-2-1-4-8(10)12-16-11-9(13(18)17-12)5-3-7-15-11/h1-2,4,6H,3,5,7H2,(H2,15,16,17,18). The van der Waals surface area contributed by atoms with Crippen molar-refractivity contribution in [2.24, 2.45) is 0 Å². The van der Waals surface area contributed by atoms with E-state index in [-0.39, 0.29) is 5.56 Å². The Bertz CT molecular complexity index is 651. The molecule has 18 heavy (non-hydrogen) atoms. The van der Waals surface area contributed by atoms with Crippen molar-refractivity contribution in [2.45, 2.75) is 12.8 Å². The number of anilines is 1. The Morgan fingerprint density at radius 1 is 1.28 bits per heavy atom. The lowest BCUT2D eigenvalue weighted by Gasteiger charge is -2.16. The summed E-state index contributed by atoms with van der Waals surface area (Å²) in [4.78, 5) is 19.2.